The Kier molecular flexibility index (Phi) is 4.46. The van der Waals surface area contributed by atoms with Crippen LogP contribution >= 0.6 is 11.8 Å². The number of carboxylic acids is 1. The van der Waals surface area contributed by atoms with Crippen LogP contribution in [0.15, 0.2) is 17.2 Å². The van der Waals surface area contributed by atoms with E-state index in [0.29, 0.717) is 6.54 Å². The molecule has 0 spiro atoms. The van der Waals surface area contributed by atoms with E-state index in [2.05, 4.69) is 0 Å². The molecule has 1 aromatic rings. The highest BCUT2D eigenvalue weighted by atomic mass is 32.2. The first-order chi connectivity index (χ1) is 9.37. The van der Waals surface area contributed by atoms with Crippen molar-refractivity contribution in [2.24, 2.45) is 0 Å². The molecular weight excluding hydrogens is 300 g/mol. The number of carboxylic acid groups (broad SMARTS) is 1. The summed E-state index contributed by atoms with van der Waals surface area (Å²) in [6.07, 6.45) is 2.23. The molecule has 2 rings (SSSR count). The maximum Gasteiger partial charge on any atom is 0.352 e. The van der Waals surface area contributed by atoms with Gasteiger partial charge in [-0.15, -0.1) is 0 Å². The molecule has 0 bridgehead atoms. The molecule has 112 valence electrons. The summed E-state index contributed by atoms with van der Waals surface area (Å²) in [5, 5.41) is 9.09. The summed E-state index contributed by atoms with van der Waals surface area (Å²) in [6, 6.07) is 1.22. The molecule has 8 heteroatoms. The van der Waals surface area contributed by atoms with Crippen molar-refractivity contribution in [2.45, 2.75) is 30.8 Å². The standard InChI is InChI=1S/C12H18N2O4S2/c1-3-14-7-10(6-11(14)12(15)16)20(17,18)13(2)9-4-5-19-8-9/h6-7,9H,3-5,8H2,1-2H3,(H,15,16). The lowest BCUT2D eigenvalue weighted by Crippen LogP contribution is -2.36. The van der Waals surface area contributed by atoms with Crippen LogP contribution in [-0.2, 0) is 16.6 Å². The molecule has 1 unspecified atom stereocenters. The molecule has 1 atom stereocenters. The van der Waals surface area contributed by atoms with Crippen LogP contribution in [0.25, 0.3) is 0 Å². The van der Waals surface area contributed by atoms with E-state index in [-0.39, 0.29) is 16.6 Å². The topological polar surface area (TPSA) is 79.6 Å². The summed E-state index contributed by atoms with van der Waals surface area (Å²) in [6.45, 7) is 2.19. The van der Waals surface area contributed by atoms with Gasteiger partial charge in [0.15, 0.2) is 0 Å². The molecular formula is C12H18N2O4S2. The van der Waals surface area contributed by atoms with Gasteiger partial charge in [-0.25, -0.2) is 13.2 Å². The SMILES string of the molecule is CCn1cc(S(=O)(=O)N(C)C2CCSC2)cc1C(=O)O. The van der Waals surface area contributed by atoms with Gasteiger partial charge in [0.05, 0.1) is 0 Å². The summed E-state index contributed by atoms with van der Waals surface area (Å²) < 4.78 is 27.9. The van der Waals surface area contributed by atoms with Gasteiger partial charge in [-0.1, -0.05) is 0 Å². The lowest BCUT2D eigenvalue weighted by atomic mass is 10.3. The van der Waals surface area contributed by atoms with Gasteiger partial charge in [-0.2, -0.15) is 16.1 Å². The Balaban J connectivity index is 2.36. The van der Waals surface area contributed by atoms with Crippen LogP contribution in [0.4, 0.5) is 0 Å². The van der Waals surface area contributed by atoms with Crippen LogP contribution < -0.4 is 0 Å². The Morgan fingerprint density at radius 2 is 2.30 bits per heavy atom. The monoisotopic (exact) mass is 318 g/mol. The van der Waals surface area contributed by atoms with Crippen LogP contribution in [0.3, 0.4) is 0 Å². The minimum Gasteiger partial charge on any atom is -0.477 e. The van der Waals surface area contributed by atoms with Crippen molar-refractivity contribution >= 4 is 27.8 Å². The summed E-state index contributed by atoms with van der Waals surface area (Å²) >= 11 is 1.73. The van der Waals surface area contributed by atoms with Crippen molar-refractivity contribution in [3.63, 3.8) is 0 Å². The zero-order valence-electron chi connectivity index (χ0n) is 11.4. The smallest absolute Gasteiger partial charge is 0.352 e. The third-order valence-electron chi connectivity index (χ3n) is 3.53. The minimum absolute atomic E-state index is 0.000252. The fraction of sp³-hybridized carbons (Fsp3) is 0.583. The molecule has 1 aliphatic rings. The molecule has 0 radical (unpaired) electrons. The van der Waals surface area contributed by atoms with E-state index in [4.69, 9.17) is 5.11 Å². The van der Waals surface area contributed by atoms with E-state index < -0.39 is 16.0 Å². The number of aromatic nitrogens is 1. The van der Waals surface area contributed by atoms with Gasteiger partial charge in [0, 0.05) is 31.6 Å². The first-order valence-electron chi connectivity index (χ1n) is 6.37. The van der Waals surface area contributed by atoms with Gasteiger partial charge in [0.2, 0.25) is 10.0 Å². The van der Waals surface area contributed by atoms with Gasteiger partial charge >= 0.3 is 5.97 Å². The molecule has 0 saturated carbocycles. The fourth-order valence-electron chi connectivity index (χ4n) is 2.24. The average Bonchev–Trinajstić information content (AvgIpc) is 3.06. The third-order valence-corrected chi connectivity index (χ3v) is 6.55. The molecule has 1 aromatic heterocycles. The van der Waals surface area contributed by atoms with E-state index in [9.17, 15) is 13.2 Å². The molecule has 0 amide bonds. The molecule has 20 heavy (non-hydrogen) atoms. The van der Waals surface area contributed by atoms with Gasteiger partial charge < -0.3 is 9.67 Å². The highest BCUT2D eigenvalue weighted by molar-refractivity contribution is 7.99. The van der Waals surface area contributed by atoms with Gasteiger partial charge in [-0.3, -0.25) is 0 Å². The summed E-state index contributed by atoms with van der Waals surface area (Å²) in [7, 11) is -2.07. The number of aryl methyl sites for hydroxylation is 1. The fourth-order valence-corrected chi connectivity index (χ4v) is 5.02. The second-order valence-corrected chi connectivity index (χ2v) is 7.84. The van der Waals surface area contributed by atoms with Crippen molar-refractivity contribution in [3.05, 3.63) is 18.0 Å². The summed E-state index contributed by atoms with van der Waals surface area (Å²) in [5.74, 6) is 0.629. The van der Waals surface area contributed by atoms with Crippen molar-refractivity contribution in [3.8, 4) is 0 Å². The summed E-state index contributed by atoms with van der Waals surface area (Å²) in [5.41, 5.74) is 0.000252. The van der Waals surface area contributed by atoms with E-state index in [1.165, 1.54) is 21.1 Å². The first-order valence-corrected chi connectivity index (χ1v) is 8.96. The average molecular weight is 318 g/mol. The molecule has 0 aliphatic carbocycles. The largest absolute Gasteiger partial charge is 0.477 e. The second kappa shape index (κ2) is 5.79. The highest BCUT2D eigenvalue weighted by Gasteiger charge is 2.32. The number of thioether (sulfide) groups is 1. The van der Waals surface area contributed by atoms with Crippen molar-refractivity contribution in [1.29, 1.82) is 0 Å². The first kappa shape index (κ1) is 15.4. The number of rotatable bonds is 5. The third kappa shape index (κ3) is 2.72. The van der Waals surface area contributed by atoms with Crippen LogP contribution in [-0.4, -0.2) is 53.0 Å². The molecule has 2 heterocycles. The predicted octanol–water partition coefficient (Wildman–Crippen LogP) is 1.33. The van der Waals surface area contributed by atoms with E-state index in [1.54, 1.807) is 25.7 Å². The molecule has 6 nitrogen and oxygen atoms in total. The Hall–Kier alpha value is -0.990. The van der Waals surface area contributed by atoms with Crippen LogP contribution in [0.1, 0.15) is 23.8 Å². The Labute approximate surface area is 122 Å². The quantitative estimate of drug-likeness (QED) is 0.886. The number of carbonyl (C=O) groups is 1. The predicted molar refractivity (Wildman–Crippen MR) is 77.7 cm³/mol. The maximum absolute atomic E-state index is 12.5. The Bertz CT molecular complexity index is 603. The van der Waals surface area contributed by atoms with E-state index in [0.717, 1.165) is 17.9 Å². The van der Waals surface area contributed by atoms with Crippen LogP contribution in [0.2, 0.25) is 0 Å². The van der Waals surface area contributed by atoms with Crippen molar-refractivity contribution in [1.82, 2.24) is 8.87 Å². The van der Waals surface area contributed by atoms with Crippen LogP contribution in [0, 0.1) is 0 Å². The molecule has 1 aliphatic heterocycles. The van der Waals surface area contributed by atoms with Crippen molar-refractivity contribution < 1.29 is 18.3 Å². The summed E-state index contributed by atoms with van der Waals surface area (Å²) in [4.78, 5) is 11.2. The zero-order chi connectivity index (χ0) is 14.9. The van der Waals surface area contributed by atoms with Crippen LogP contribution in [0.5, 0.6) is 0 Å². The maximum atomic E-state index is 12.5. The Morgan fingerprint density at radius 1 is 1.60 bits per heavy atom. The lowest BCUT2D eigenvalue weighted by Gasteiger charge is -2.22. The van der Waals surface area contributed by atoms with Gasteiger partial charge in [0.1, 0.15) is 10.6 Å². The zero-order valence-corrected chi connectivity index (χ0v) is 13.1. The van der Waals surface area contributed by atoms with Gasteiger partial charge in [0.25, 0.3) is 0 Å². The highest BCUT2D eigenvalue weighted by Crippen LogP contribution is 2.27. The number of hydrogen-bond donors (Lipinski definition) is 1. The van der Waals surface area contributed by atoms with Crippen molar-refractivity contribution in [2.75, 3.05) is 18.6 Å². The second-order valence-electron chi connectivity index (χ2n) is 4.69. The molecule has 1 fully saturated rings. The number of nitrogens with zero attached hydrogens (tertiary/aromatic N) is 2. The normalized spacial score (nSPS) is 19.6. The Morgan fingerprint density at radius 3 is 2.75 bits per heavy atom. The molecule has 0 aromatic carbocycles. The van der Waals surface area contributed by atoms with Gasteiger partial charge in [-0.05, 0) is 25.2 Å². The lowest BCUT2D eigenvalue weighted by molar-refractivity contribution is 0.0685. The number of sulfonamides is 1. The minimum atomic E-state index is -3.63. The molecule has 1 saturated heterocycles. The number of hydrogen-bond acceptors (Lipinski definition) is 4. The van der Waals surface area contributed by atoms with E-state index in [1.807, 2.05) is 0 Å². The number of aromatic carboxylic acids is 1. The molecule has 1 N–H and O–H groups in total. The van der Waals surface area contributed by atoms with E-state index >= 15 is 0 Å².